The van der Waals surface area contributed by atoms with Gasteiger partial charge in [0.05, 0.1) is 30.1 Å². The number of fused-ring (bicyclic) bond motifs is 1. The Balaban J connectivity index is 1.71. The summed E-state index contributed by atoms with van der Waals surface area (Å²) in [6, 6.07) is 3.53. The van der Waals surface area contributed by atoms with Crippen LogP contribution in [0.25, 0.3) is 11.0 Å². The van der Waals surface area contributed by atoms with E-state index in [9.17, 15) is 9.59 Å². The van der Waals surface area contributed by atoms with Gasteiger partial charge in [0.1, 0.15) is 5.82 Å². The number of esters is 1. The number of ether oxygens (including phenoxy) is 1. The fraction of sp³-hybridized carbons (Fsp3) is 0.550. The number of aromatic nitrogens is 2. The second-order valence-corrected chi connectivity index (χ2v) is 7.33. The molecule has 28 heavy (non-hydrogen) atoms. The summed E-state index contributed by atoms with van der Waals surface area (Å²) in [4.78, 5) is 28.3. The van der Waals surface area contributed by atoms with Crippen LogP contribution in [0.15, 0.2) is 12.1 Å². The average Bonchev–Trinajstić information content (AvgIpc) is 3.01. The van der Waals surface area contributed by atoms with Crippen LogP contribution in [0.4, 0.5) is 5.69 Å². The molecule has 1 aliphatic heterocycles. The largest absolute Gasteiger partial charge is 0.469 e. The molecule has 8 nitrogen and oxygen atoms in total. The Labute approximate surface area is 164 Å². The highest BCUT2D eigenvalue weighted by Crippen LogP contribution is 2.25. The molecule has 0 aliphatic carbocycles. The van der Waals surface area contributed by atoms with Crippen molar-refractivity contribution in [1.82, 2.24) is 20.2 Å². The third-order valence-electron chi connectivity index (χ3n) is 5.47. The number of imidazole rings is 1. The summed E-state index contributed by atoms with van der Waals surface area (Å²) in [6.07, 6.45) is 4.58. The zero-order valence-corrected chi connectivity index (χ0v) is 16.6. The second-order valence-electron chi connectivity index (χ2n) is 7.33. The first-order valence-corrected chi connectivity index (χ1v) is 9.80. The van der Waals surface area contributed by atoms with E-state index in [4.69, 9.17) is 10.7 Å². The van der Waals surface area contributed by atoms with Gasteiger partial charge in [-0.15, -0.1) is 0 Å². The van der Waals surface area contributed by atoms with Crippen molar-refractivity contribution in [3.63, 3.8) is 0 Å². The quantitative estimate of drug-likeness (QED) is 0.489. The summed E-state index contributed by atoms with van der Waals surface area (Å²) in [6.45, 7) is 2.39. The number of piperidine rings is 1. The lowest BCUT2D eigenvalue weighted by Crippen LogP contribution is -2.28. The molecular formula is C20H29N5O3. The van der Waals surface area contributed by atoms with Gasteiger partial charge in [-0.1, -0.05) is 0 Å². The Morgan fingerprint density at radius 1 is 1.36 bits per heavy atom. The molecule has 3 rings (SSSR count). The highest BCUT2D eigenvalue weighted by molar-refractivity contribution is 6.03. The van der Waals surface area contributed by atoms with Crippen LogP contribution in [0.2, 0.25) is 0 Å². The van der Waals surface area contributed by atoms with Crippen LogP contribution in [0, 0.1) is 5.92 Å². The number of nitrogens with two attached hydrogens (primary N) is 1. The Hall–Kier alpha value is -2.61. The van der Waals surface area contributed by atoms with Gasteiger partial charge in [-0.3, -0.25) is 9.59 Å². The van der Waals surface area contributed by atoms with Crippen LogP contribution < -0.4 is 16.4 Å². The summed E-state index contributed by atoms with van der Waals surface area (Å²) in [7, 11) is 3.31. The summed E-state index contributed by atoms with van der Waals surface area (Å²) in [5.41, 5.74) is 8.57. The molecule has 0 atom stereocenters. The van der Waals surface area contributed by atoms with Crippen molar-refractivity contribution in [1.29, 1.82) is 0 Å². The Kier molecular flexibility index (Phi) is 6.51. The summed E-state index contributed by atoms with van der Waals surface area (Å²) in [5, 5.41) is 6.09. The van der Waals surface area contributed by atoms with Crippen molar-refractivity contribution in [3.8, 4) is 0 Å². The molecule has 0 bridgehead atoms. The van der Waals surface area contributed by atoms with Gasteiger partial charge in [-0.05, 0) is 50.4 Å². The lowest BCUT2D eigenvalue weighted by Gasteiger charge is -2.22. The topological polar surface area (TPSA) is 111 Å². The number of nitrogen functional groups attached to an aromatic ring is 1. The maximum absolute atomic E-state index is 12.4. The van der Waals surface area contributed by atoms with E-state index in [-0.39, 0.29) is 24.8 Å². The van der Waals surface area contributed by atoms with Crippen molar-refractivity contribution in [2.75, 3.05) is 32.5 Å². The molecule has 8 heteroatoms. The average molecular weight is 387 g/mol. The number of amides is 1. The van der Waals surface area contributed by atoms with Gasteiger partial charge in [0.25, 0.3) is 5.91 Å². The maximum atomic E-state index is 12.4. The molecule has 1 fully saturated rings. The Bertz CT molecular complexity index is 855. The van der Waals surface area contributed by atoms with Crippen molar-refractivity contribution in [2.24, 2.45) is 13.0 Å². The van der Waals surface area contributed by atoms with Gasteiger partial charge in [0.15, 0.2) is 0 Å². The van der Waals surface area contributed by atoms with Gasteiger partial charge in [-0.2, -0.15) is 0 Å². The lowest BCUT2D eigenvalue weighted by molar-refractivity contribution is -0.140. The minimum Gasteiger partial charge on any atom is -0.469 e. The third kappa shape index (κ3) is 4.62. The van der Waals surface area contributed by atoms with Crippen LogP contribution in [0.1, 0.15) is 41.9 Å². The normalized spacial score (nSPS) is 14.9. The van der Waals surface area contributed by atoms with Gasteiger partial charge < -0.3 is 25.7 Å². The Morgan fingerprint density at radius 2 is 2.11 bits per heavy atom. The summed E-state index contributed by atoms with van der Waals surface area (Å²) < 4.78 is 6.63. The molecule has 4 N–H and O–H groups in total. The zero-order chi connectivity index (χ0) is 20.1. The van der Waals surface area contributed by atoms with Crippen molar-refractivity contribution in [2.45, 2.75) is 32.1 Å². The number of benzene rings is 1. The number of carbonyl (C=O) groups is 2. The minimum atomic E-state index is -0.369. The van der Waals surface area contributed by atoms with Gasteiger partial charge >= 0.3 is 5.97 Å². The number of hydrogen-bond donors (Lipinski definition) is 3. The molecular weight excluding hydrogens is 358 g/mol. The predicted octanol–water partition coefficient (Wildman–Crippen LogP) is 1.38. The maximum Gasteiger partial charge on any atom is 0.307 e. The van der Waals surface area contributed by atoms with Crippen LogP contribution in [-0.2, 0) is 23.0 Å². The van der Waals surface area contributed by atoms with E-state index < -0.39 is 0 Å². The molecule has 0 saturated carbocycles. The Morgan fingerprint density at radius 3 is 2.82 bits per heavy atom. The number of carbonyl (C=O) groups excluding carboxylic acids is 2. The van der Waals surface area contributed by atoms with Gasteiger partial charge in [0, 0.05) is 25.7 Å². The minimum absolute atomic E-state index is 0.120. The molecule has 0 spiro atoms. The fourth-order valence-electron chi connectivity index (χ4n) is 3.70. The van der Waals surface area contributed by atoms with Crippen LogP contribution in [-0.4, -0.2) is 48.2 Å². The molecule has 2 aromatic rings. The van der Waals surface area contributed by atoms with Gasteiger partial charge in [-0.25, -0.2) is 4.98 Å². The van der Waals surface area contributed by atoms with Crippen molar-refractivity contribution >= 4 is 28.6 Å². The molecule has 1 amide bonds. The number of rotatable bonds is 7. The standard InChI is InChI=1S/C20H29N5O3/c1-25-17-12-15(21)14(20(27)23-10-7-19(26)28-2)11-16(17)24-18(25)4-3-13-5-8-22-9-6-13/h11-13,22H,3-10,21H2,1-2H3,(H,23,27). The molecule has 1 saturated heterocycles. The number of methoxy groups -OCH3 is 1. The molecule has 1 aromatic carbocycles. The monoisotopic (exact) mass is 387 g/mol. The molecule has 1 aliphatic rings. The van der Waals surface area contributed by atoms with Crippen LogP contribution in [0.5, 0.6) is 0 Å². The van der Waals surface area contributed by atoms with E-state index in [0.717, 1.165) is 48.7 Å². The lowest BCUT2D eigenvalue weighted by atomic mass is 9.93. The first-order chi connectivity index (χ1) is 13.5. The van der Waals surface area contributed by atoms with Crippen LogP contribution >= 0.6 is 0 Å². The molecule has 0 radical (unpaired) electrons. The fourth-order valence-corrected chi connectivity index (χ4v) is 3.70. The van der Waals surface area contributed by atoms with E-state index in [0.29, 0.717) is 11.3 Å². The van der Waals surface area contributed by atoms with E-state index in [2.05, 4.69) is 19.9 Å². The zero-order valence-electron chi connectivity index (χ0n) is 16.6. The van der Waals surface area contributed by atoms with E-state index >= 15 is 0 Å². The molecule has 2 heterocycles. The number of hydrogen-bond acceptors (Lipinski definition) is 6. The number of aryl methyl sites for hydroxylation is 2. The number of anilines is 1. The first kappa shape index (κ1) is 20.1. The second kappa shape index (κ2) is 9.05. The van der Waals surface area contributed by atoms with E-state index in [1.54, 1.807) is 12.1 Å². The van der Waals surface area contributed by atoms with Gasteiger partial charge in [0.2, 0.25) is 0 Å². The summed E-state index contributed by atoms with van der Waals surface area (Å²) in [5.74, 6) is 1.07. The number of nitrogens with zero attached hydrogens (tertiary/aromatic N) is 2. The first-order valence-electron chi connectivity index (χ1n) is 9.80. The molecule has 0 unspecified atom stereocenters. The molecule has 1 aromatic heterocycles. The predicted molar refractivity (Wildman–Crippen MR) is 108 cm³/mol. The van der Waals surface area contributed by atoms with E-state index in [1.807, 2.05) is 7.05 Å². The highest BCUT2D eigenvalue weighted by atomic mass is 16.5. The third-order valence-corrected chi connectivity index (χ3v) is 5.47. The molecule has 152 valence electrons. The SMILES string of the molecule is COC(=O)CCNC(=O)c1cc2nc(CCC3CCNCC3)n(C)c2cc1N. The highest BCUT2D eigenvalue weighted by Gasteiger charge is 2.18. The number of nitrogens with one attached hydrogen (secondary N) is 2. The smallest absolute Gasteiger partial charge is 0.307 e. The summed E-state index contributed by atoms with van der Waals surface area (Å²) >= 11 is 0. The van der Waals surface area contributed by atoms with Crippen molar-refractivity contribution in [3.05, 3.63) is 23.5 Å². The van der Waals surface area contributed by atoms with Crippen molar-refractivity contribution < 1.29 is 14.3 Å². The van der Waals surface area contributed by atoms with E-state index in [1.165, 1.54) is 20.0 Å². The van der Waals surface area contributed by atoms with Crippen LogP contribution in [0.3, 0.4) is 0 Å².